The van der Waals surface area contributed by atoms with Crippen LogP contribution in [-0.2, 0) is 14.3 Å². The molecule has 1 fully saturated rings. The largest absolute Gasteiger partial charge is 0.480 e. The van der Waals surface area contributed by atoms with E-state index < -0.39 is 48.9 Å². The Morgan fingerprint density at radius 3 is 2.24 bits per heavy atom. The van der Waals surface area contributed by atoms with Crippen LogP contribution in [0.25, 0.3) is 11.1 Å². The predicted octanol–water partition coefficient (Wildman–Crippen LogP) is 3.62. The molecule has 2 N–H and O–H groups in total. The number of aliphatic carboxylic acids is 1. The Balaban J connectivity index is 1.42. The highest BCUT2D eigenvalue weighted by atomic mass is 19.3. The molecule has 9 heteroatoms. The first-order chi connectivity index (χ1) is 15.7. The monoisotopic (exact) mass is 458 g/mol. The summed E-state index contributed by atoms with van der Waals surface area (Å²) in [5, 5.41) is 11.6. The van der Waals surface area contributed by atoms with E-state index in [4.69, 9.17) is 4.74 Å². The molecular weight excluding hydrogens is 434 g/mol. The zero-order valence-electron chi connectivity index (χ0n) is 18.0. The number of carboxylic acid groups (broad SMARTS) is 1. The van der Waals surface area contributed by atoms with Gasteiger partial charge >= 0.3 is 12.1 Å². The van der Waals surface area contributed by atoms with Crippen LogP contribution >= 0.6 is 0 Å². The number of carboxylic acids is 1. The number of rotatable bonds is 6. The normalized spacial score (nSPS) is 19.5. The van der Waals surface area contributed by atoms with Crippen LogP contribution in [0.4, 0.5) is 13.6 Å². The number of amides is 2. The minimum atomic E-state index is -3.29. The molecule has 2 aromatic carbocycles. The summed E-state index contributed by atoms with van der Waals surface area (Å²) in [5.74, 6) is -5.83. The van der Waals surface area contributed by atoms with Gasteiger partial charge in [0.25, 0.3) is 5.92 Å². The van der Waals surface area contributed by atoms with Crippen molar-refractivity contribution in [1.82, 2.24) is 10.2 Å². The van der Waals surface area contributed by atoms with Gasteiger partial charge in [-0.1, -0.05) is 55.5 Å². The Morgan fingerprint density at radius 1 is 1.12 bits per heavy atom. The first-order valence-electron chi connectivity index (χ1n) is 10.7. The molecule has 0 aromatic heterocycles. The van der Waals surface area contributed by atoms with Gasteiger partial charge < -0.3 is 20.1 Å². The number of ether oxygens (including phenoxy) is 1. The minimum Gasteiger partial charge on any atom is -0.480 e. The van der Waals surface area contributed by atoms with Gasteiger partial charge in [-0.3, -0.25) is 4.79 Å². The lowest BCUT2D eigenvalue weighted by atomic mass is 9.98. The van der Waals surface area contributed by atoms with Gasteiger partial charge in [-0.2, -0.15) is 0 Å². The van der Waals surface area contributed by atoms with E-state index in [2.05, 4.69) is 5.32 Å². The van der Waals surface area contributed by atoms with Gasteiger partial charge in [0.2, 0.25) is 5.91 Å². The first-order valence-corrected chi connectivity index (χ1v) is 10.7. The molecule has 7 nitrogen and oxygen atoms in total. The number of nitrogens with zero attached hydrogens (tertiary/aromatic N) is 1. The summed E-state index contributed by atoms with van der Waals surface area (Å²) in [4.78, 5) is 37.2. The highest BCUT2D eigenvalue weighted by molar-refractivity contribution is 5.90. The third-order valence-corrected chi connectivity index (χ3v) is 6.18. The zero-order chi connectivity index (χ0) is 23.8. The first kappa shape index (κ1) is 22.7. The van der Waals surface area contributed by atoms with Crippen molar-refractivity contribution in [1.29, 1.82) is 0 Å². The van der Waals surface area contributed by atoms with Crippen LogP contribution in [0.15, 0.2) is 48.5 Å². The van der Waals surface area contributed by atoms with E-state index in [9.17, 15) is 28.3 Å². The fourth-order valence-corrected chi connectivity index (χ4v) is 4.59. The van der Waals surface area contributed by atoms with Crippen LogP contribution in [0.1, 0.15) is 36.8 Å². The third kappa shape index (κ3) is 4.40. The van der Waals surface area contributed by atoms with Crippen molar-refractivity contribution in [3.8, 4) is 11.1 Å². The van der Waals surface area contributed by atoms with Crippen LogP contribution in [0.2, 0.25) is 0 Å². The maximum Gasteiger partial charge on any atom is 0.407 e. The molecule has 4 rings (SSSR count). The van der Waals surface area contributed by atoms with E-state index in [0.717, 1.165) is 22.3 Å². The topological polar surface area (TPSA) is 95.9 Å². The molecule has 0 bridgehead atoms. The standard InChI is InChI=1S/C24H24F2N2O5/c1-2-19(21(29)28-13-24(25,26)11-20(28)22(30)31)27-23(32)33-12-18-16-9-5-3-7-14(16)15-8-4-6-10-17(15)18/h3-10,18-20H,2,11-13H2,1H3,(H,27,32)(H,30,31)/t19?,20-/m0/s1. The van der Waals surface area contributed by atoms with Crippen molar-refractivity contribution in [3.63, 3.8) is 0 Å². The van der Waals surface area contributed by atoms with Crippen LogP contribution in [0.5, 0.6) is 0 Å². The molecule has 1 aliphatic carbocycles. The summed E-state index contributed by atoms with van der Waals surface area (Å²) in [7, 11) is 0. The molecule has 1 saturated heterocycles. The molecule has 2 aliphatic rings. The summed E-state index contributed by atoms with van der Waals surface area (Å²) < 4.78 is 32.9. The second-order valence-electron chi connectivity index (χ2n) is 8.31. The van der Waals surface area contributed by atoms with Crippen molar-refractivity contribution in [3.05, 3.63) is 59.7 Å². The Bertz CT molecular complexity index is 1040. The zero-order valence-corrected chi connectivity index (χ0v) is 18.0. The Kier molecular flexibility index (Phi) is 6.05. The molecule has 1 aliphatic heterocycles. The van der Waals surface area contributed by atoms with Crippen LogP contribution < -0.4 is 5.32 Å². The molecule has 33 heavy (non-hydrogen) atoms. The van der Waals surface area contributed by atoms with E-state index in [1.807, 2.05) is 48.5 Å². The molecule has 1 unspecified atom stereocenters. The van der Waals surface area contributed by atoms with E-state index in [0.29, 0.717) is 4.90 Å². The molecule has 0 saturated carbocycles. The number of halogens is 2. The van der Waals surface area contributed by atoms with Crippen molar-refractivity contribution < 1.29 is 33.0 Å². The van der Waals surface area contributed by atoms with E-state index in [-0.39, 0.29) is 18.9 Å². The summed E-state index contributed by atoms with van der Waals surface area (Å²) >= 11 is 0. The highest BCUT2D eigenvalue weighted by Crippen LogP contribution is 2.44. The fourth-order valence-electron chi connectivity index (χ4n) is 4.59. The van der Waals surface area contributed by atoms with Gasteiger partial charge in [-0.25, -0.2) is 18.4 Å². The van der Waals surface area contributed by atoms with Gasteiger partial charge in [0.05, 0.1) is 6.54 Å². The smallest absolute Gasteiger partial charge is 0.407 e. The molecule has 2 atom stereocenters. The van der Waals surface area contributed by atoms with E-state index in [1.54, 1.807) is 6.92 Å². The maximum absolute atomic E-state index is 13.8. The lowest BCUT2D eigenvalue weighted by molar-refractivity contribution is -0.149. The van der Waals surface area contributed by atoms with Crippen molar-refractivity contribution >= 4 is 18.0 Å². The average molecular weight is 458 g/mol. The fraction of sp³-hybridized carbons (Fsp3) is 0.375. The Hall–Kier alpha value is -3.49. The maximum atomic E-state index is 13.8. The van der Waals surface area contributed by atoms with Gasteiger partial charge in [0, 0.05) is 12.3 Å². The van der Waals surface area contributed by atoms with Gasteiger partial charge in [0.15, 0.2) is 0 Å². The Morgan fingerprint density at radius 2 is 1.70 bits per heavy atom. The van der Waals surface area contributed by atoms with Crippen LogP contribution in [-0.4, -0.2) is 59.1 Å². The number of hydrogen-bond acceptors (Lipinski definition) is 4. The number of fused-ring (bicyclic) bond motifs is 3. The van der Waals surface area contributed by atoms with Crippen LogP contribution in [0, 0.1) is 0 Å². The second-order valence-corrected chi connectivity index (χ2v) is 8.31. The third-order valence-electron chi connectivity index (χ3n) is 6.18. The molecule has 2 aromatic rings. The lowest BCUT2D eigenvalue weighted by Crippen LogP contribution is -2.51. The predicted molar refractivity (Wildman–Crippen MR) is 115 cm³/mol. The second kappa shape index (κ2) is 8.80. The molecule has 174 valence electrons. The van der Waals surface area contributed by atoms with Crippen molar-refractivity contribution in [2.75, 3.05) is 13.2 Å². The van der Waals surface area contributed by atoms with Crippen molar-refractivity contribution in [2.45, 2.75) is 43.7 Å². The summed E-state index contributed by atoms with van der Waals surface area (Å²) in [6.07, 6.45) is -1.72. The molecular formula is C24H24F2N2O5. The number of likely N-dealkylation sites (tertiary alicyclic amines) is 1. The number of benzene rings is 2. The SMILES string of the molecule is CCC(NC(=O)OCC1c2ccccc2-c2ccccc21)C(=O)N1CC(F)(F)C[C@H]1C(=O)O. The molecule has 0 radical (unpaired) electrons. The minimum absolute atomic E-state index is 0.0318. The van der Waals surface area contributed by atoms with Gasteiger partial charge in [-0.05, 0) is 28.7 Å². The summed E-state index contributed by atoms with van der Waals surface area (Å²) in [6, 6.07) is 12.9. The number of carbonyl (C=O) groups is 3. The molecule has 1 heterocycles. The molecule has 2 amide bonds. The van der Waals surface area contributed by atoms with Crippen molar-refractivity contribution in [2.24, 2.45) is 0 Å². The summed E-state index contributed by atoms with van der Waals surface area (Å²) in [6.45, 7) is 0.631. The number of hydrogen-bond donors (Lipinski definition) is 2. The van der Waals surface area contributed by atoms with Crippen LogP contribution in [0.3, 0.4) is 0 Å². The summed E-state index contributed by atoms with van der Waals surface area (Å²) in [5.41, 5.74) is 4.19. The van der Waals surface area contributed by atoms with Gasteiger partial charge in [0.1, 0.15) is 18.7 Å². The lowest BCUT2D eigenvalue weighted by Gasteiger charge is -2.26. The van der Waals surface area contributed by atoms with Gasteiger partial charge in [-0.15, -0.1) is 0 Å². The average Bonchev–Trinajstić information content (AvgIpc) is 3.30. The Labute approximate surface area is 189 Å². The quantitative estimate of drug-likeness (QED) is 0.689. The number of alkyl halides is 2. The van der Waals surface area contributed by atoms with E-state index >= 15 is 0 Å². The van der Waals surface area contributed by atoms with E-state index in [1.165, 1.54) is 0 Å². The highest BCUT2D eigenvalue weighted by Gasteiger charge is 2.51. The molecule has 0 spiro atoms. The number of nitrogens with one attached hydrogen (secondary N) is 1. The number of alkyl carbamates (subject to hydrolysis) is 1. The number of carbonyl (C=O) groups excluding carboxylic acids is 2.